The minimum Gasteiger partial charge on any atom is -0.489 e. The van der Waals surface area contributed by atoms with Gasteiger partial charge in [0, 0.05) is 18.7 Å². The van der Waals surface area contributed by atoms with Gasteiger partial charge in [-0.2, -0.15) is 0 Å². The first-order chi connectivity index (χ1) is 10.1. The van der Waals surface area contributed by atoms with Crippen LogP contribution in [-0.2, 0) is 14.3 Å². The summed E-state index contributed by atoms with van der Waals surface area (Å²) in [4.78, 5) is 11.9. The Morgan fingerprint density at radius 1 is 1.43 bits per heavy atom. The fourth-order valence-corrected chi connectivity index (χ4v) is 1.73. The van der Waals surface area contributed by atoms with Gasteiger partial charge in [-0.25, -0.2) is 0 Å². The molecule has 6 nitrogen and oxygen atoms in total. The molecule has 1 unspecified atom stereocenters. The standard InChI is InChI=1S/C14H21ClN2O4/c1-3-20-6-7-21-13-5-4-10(15)8-12(13)17-14(18)11(16)9-19-2/h4-5,8,11H,3,6-7,9,16H2,1-2H3,(H,17,18). The van der Waals surface area contributed by atoms with Crippen molar-refractivity contribution in [3.05, 3.63) is 23.2 Å². The van der Waals surface area contributed by atoms with Gasteiger partial charge in [0.15, 0.2) is 0 Å². The number of amides is 1. The number of methoxy groups -OCH3 is 1. The molecule has 7 heteroatoms. The van der Waals surface area contributed by atoms with Gasteiger partial charge < -0.3 is 25.3 Å². The first kappa shape index (κ1) is 17.7. The first-order valence-corrected chi connectivity index (χ1v) is 7.01. The molecule has 1 rings (SSSR count). The molecule has 1 aromatic carbocycles. The van der Waals surface area contributed by atoms with Crippen molar-refractivity contribution in [2.75, 3.05) is 38.9 Å². The molecule has 118 valence electrons. The van der Waals surface area contributed by atoms with Gasteiger partial charge in [-0.05, 0) is 25.1 Å². The molecule has 0 bridgehead atoms. The molecule has 1 aromatic rings. The molecule has 1 amide bonds. The number of hydrogen-bond acceptors (Lipinski definition) is 5. The Labute approximate surface area is 129 Å². The summed E-state index contributed by atoms with van der Waals surface area (Å²) in [7, 11) is 1.48. The molecule has 0 aliphatic heterocycles. The molecule has 0 aliphatic carbocycles. The second-order valence-electron chi connectivity index (χ2n) is 4.24. The van der Waals surface area contributed by atoms with Gasteiger partial charge in [-0.15, -0.1) is 0 Å². The van der Waals surface area contributed by atoms with Crippen molar-refractivity contribution < 1.29 is 19.0 Å². The molecule has 0 aromatic heterocycles. The van der Waals surface area contributed by atoms with Crippen molar-refractivity contribution in [2.24, 2.45) is 5.73 Å². The Hall–Kier alpha value is -1.34. The van der Waals surface area contributed by atoms with Crippen LogP contribution >= 0.6 is 11.6 Å². The fraction of sp³-hybridized carbons (Fsp3) is 0.500. The lowest BCUT2D eigenvalue weighted by atomic mass is 10.2. The quantitative estimate of drug-likeness (QED) is 0.677. The fourth-order valence-electron chi connectivity index (χ4n) is 1.56. The van der Waals surface area contributed by atoms with Gasteiger partial charge >= 0.3 is 0 Å². The number of benzene rings is 1. The Kier molecular flexibility index (Phi) is 8.07. The number of nitrogens with one attached hydrogen (secondary N) is 1. The number of hydrogen-bond donors (Lipinski definition) is 2. The summed E-state index contributed by atoms with van der Waals surface area (Å²) in [6.07, 6.45) is 0. The van der Waals surface area contributed by atoms with Gasteiger partial charge in [0.05, 0.1) is 18.9 Å². The molecule has 0 heterocycles. The average molecular weight is 317 g/mol. The van der Waals surface area contributed by atoms with Crippen molar-refractivity contribution in [3.8, 4) is 5.75 Å². The molecule has 0 fully saturated rings. The number of ether oxygens (including phenoxy) is 3. The summed E-state index contributed by atoms with van der Waals surface area (Å²) in [5, 5.41) is 3.17. The average Bonchev–Trinajstić information content (AvgIpc) is 2.45. The number of carbonyl (C=O) groups excluding carboxylic acids is 1. The molecule has 3 N–H and O–H groups in total. The van der Waals surface area contributed by atoms with Crippen LogP contribution in [0.25, 0.3) is 0 Å². The third-order valence-electron chi connectivity index (χ3n) is 2.57. The highest BCUT2D eigenvalue weighted by Gasteiger charge is 2.15. The summed E-state index contributed by atoms with van der Waals surface area (Å²) >= 11 is 5.94. The van der Waals surface area contributed by atoms with E-state index in [9.17, 15) is 4.79 Å². The number of anilines is 1. The first-order valence-electron chi connectivity index (χ1n) is 6.64. The Morgan fingerprint density at radius 2 is 2.19 bits per heavy atom. The van der Waals surface area contributed by atoms with Crippen LogP contribution in [0.2, 0.25) is 5.02 Å². The maximum Gasteiger partial charge on any atom is 0.243 e. The van der Waals surface area contributed by atoms with Gasteiger partial charge in [0.1, 0.15) is 18.4 Å². The predicted molar refractivity (Wildman–Crippen MR) is 81.9 cm³/mol. The van der Waals surface area contributed by atoms with Crippen LogP contribution in [-0.4, -0.2) is 45.5 Å². The van der Waals surface area contributed by atoms with Gasteiger partial charge in [0.2, 0.25) is 5.91 Å². The van der Waals surface area contributed by atoms with E-state index in [1.165, 1.54) is 7.11 Å². The van der Waals surface area contributed by atoms with Crippen molar-refractivity contribution >= 4 is 23.2 Å². The van der Waals surface area contributed by atoms with Crippen molar-refractivity contribution in [1.29, 1.82) is 0 Å². The topological polar surface area (TPSA) is 82.8 Å². The third-order valence-corrected chi connectivity index (χ3v) is 2.81. The third kappa shape index (κ3) is 6.31. The van der Waals surface area contributed by atoms with Crippen molar-refractivity contribution in [2.45, 2.75) is 13.0 Å². The normalized spacial score (nSPS) is 12.0. The molecular weight excluding hydrogens is 296 g/mol. The van der Waals surface area contributed by atoms with E-state index in [-0.39, 0.29) is 12.5 Å². The Bertz CT molecular complexity index is 457. The second kappa shape index (κ2) is 9.57. The highest BCUT2D eigenvalue weighted by Crippen LogP contribution is 2.28. The minimum atomic E-state index is -0.759. The molecular formula is C14H21ClN2O4. The lowest BCUT2D eigenvalue weighted by molar-refractivity contribution is -0.118. The van der Waals surface area contributed by atoms with E-state index in [0.717, 1.165) is 0 Å². The van der Waals surface area contributed by atoms with Crippen LogP contribution < -0.4 is 15.8 Å². The smallest absolute Gasteiger partial charge is 0.243 e. The van der Waals surface area contributed by atoms with Crippen LogP contribution in [0.1, 0.15) is 6.92 Å². The van der Waals surface area contributed by atoms with E-state index < -0.39 is 6.04 Å². The van der Waals surface area contributed by atoms with Crippen molar-refractivity contribution in [1.82, 2.24) is 0 Å². The van der Waals surface area contributed by atoms with Gasteiger partial charge in [-0.1, -0.05) is 11.6 Å². The van der Waals surface area contributed by atoms with E-state index in [1.54, 1.807) is 18.2 Å². The van der Waals surface area contributed by atoms with Crippen LogP contribution in [0.5, 0.6) is 5.75 Å². The maximum absolute atomic E-state index is 11.9. The van der Waals surface area contributed by atoms with Crippen LogP contribution in [0.15, 0.2) is 18.2 Å². The molecule has 1 atom stereocenters. The molecule has 0 spiro atoms. The summed E-state index contributed by atoms with van der Waals surface area (Å²) in [5.41, 5.74) is 6.14. The van der Waals surface area contributed by atoms with E-state index in [2.05, 4.69) is 5.32 Å². The zero-order chi connectivity index (χ0) is 15.7. The van der Waals surface area contributed by atoms with Gasteiger partial charge in [-0.3, -0.25) is 4.79 Å². The monoisotopic (exact) mass is 316 g/mol. The van der Waals surface area contributed by atoms with Gasteiger partial charge in [0.25, 0.3) is 0 Å². The molecule has 0 aliphatic rings. The summed E-state index contributed by atoms with van der Waals surface area (Å²) in [5.74, 6) is 0.144. The Morgan fingerprint density at radius 3 is 2.86 bits per heavy atom. The minimum absolute atomic E-state index is 0.132. The molecule has 0 saturated heterocycles. The van der Waals surface area contributed by atoms with Crippen LogP contribution in [0, 0.1) is 0 Å². The molecule has 0 radical (unpaired) electrons. The summed E-state index contributed by atoms with van der Waals surface area (Å²) < 4.78 is 15.6. The lowest BCUT2D eigenvalue weighted by Crippen LogP contribution is -2.39. The van der Waals surface area contributed by atoms with E-state index in [1.807, 2.05) is 6.92 Å². The number of halogens is 1. The molecule has 0 saturated carbocycles. The number of rotatable bonds is 9. The highest BCUT2D eigenvalue weighted by molar-refractivity contribution is 6.31. The van der Waals surface area contributed by atoms with E-state index in [4.69, 9.17) is 31.5 Å². The summed E-state index contributed by atoms with van der Waals surface area (Å²) in [6.45, 7) is 3.51. The second-order valence-corrected chi connectivity index (χ2v) is 4.67. The van der Waals surface area contributed by atoms with Crippen molar-refractivity contribution in [3.63, 3.8) is 0 Å². The summed E-state index contributed by atoms with van der Waals surface area (Å²) in [6, 6.07) is 4.22. The van der Waals surface area contributed by atoms with E-state index >= 15 is 0 Å². The van der Waals surface area contributed by atoms with E-state index in [0.29, 0.717) is 36.3 Å². The molecule has 21 heavy (non-hydrogen) atoms. The SMILES string of the molecule is CCOCCOc1ccc(Cl)cc1NC(=O)C(N)COC. The largest absolute Gasteiger partial charge is 0.489 e. The predicted octanol–water partition coefficient (Wildman–Crippen LogP) is 1.67. The lowest BCUT2D eigenvalue weighted by Gasteiger charge is -2.15. The zero-order valence-electron chi connectivity index (χ0n) is 12.2. The zero-order valence-corrected chi connectivity index (χ0v) is 13.0. The number of carbonyl (C=O) groups is 1. The van der Waals surface area contributed by atoms with Crippen LogP contribution in [0.3, 0.4) is 0 Å². The van der Waals surface area contributed by atoms with Crippen LogP contribution in [0.4, 0.5) is 5.69 Å². The highest BCUT2D eigenvalue weighted by atomic mass is 35.5. The maximum atomic E-state index is 11.9. The number of nitrogens with two attached hydrogens (primary N) is 1. The Balaban J connectivity index is 2.70.